The van der Waals surface area contributed by atoms with Crippen molar-refractivity contribution in [3.8, 4) is 5.69 Å². The zero-order chi connectivity index (χ0) is 24.2. The number of anilines is 1. The molecule has 0 radical (unpaired) electrons. The van der Waals surface area contributed by atoms with Crippen molar-refractivity contribution in [2.75, 3.05) is 17.1 Å². The normalized spacial score (nSPS) is 11.7. The number of rotatable bonds is 8. The van der Waals surface area contributed by atoms with Gasteiger partial charge < -0.3 is 4.57 Å². The molecule has 1 amide bonds. The Labute approximate surface area is 203 Å². The number of carbonyl (C=O) groups is 1. The Hall–Kier alpha value is -2.91. The van der Waals surface area contributed by atoms with Crippen LogP contribution >= 0.6 is 15.9 Å². The fraction of sp³-hybridized carbons (Fsp3) is 0.250. The number of sulfonamides is 1. The van der Waals surface area contributed by atoms with Crippen LogP contribution in [0.3, 0.4) is 0 Å². The van der Waals surface area contributed by atoms with Gasteiger partial charge in [0, 0.05) is 27.1 Å². The number of nitrogens with one attached hydrogen (secondary N) is 1. The van der Waals surface area contributed by atoms with Gasteiger partial charge in [-0.3, -0.25) is 9.10 Å². The molecule has 0 unspecified atom stereocenters. The third-order valence-corrected chi connectivity index (χ3v) is 6.88. The molecular weight excluding hydrogens is 504 g/mol. The Kier molecular flexibility index (Phi) is 7.76. The zero-order valence-corrected chi connectivity index (χ0v) is 21.4. The van der Waals surface area contributed by atoms with Crippen LogP contribution in [0.25, 0.3) is 5.69 Å². The fourth-order valence-electron chi connectivity index (χ4n) is 3.70. The summed E-state index contributed by atoms with van der Waals surface area (Å²) < 4.78 is 28.9. The summed E-state index contributed by atoms with van der Waals surface area (Å²) >= 11 is 3.50. The van der Waals surface area contributed by atoms with Gasteiger partial charge in [0.15, 0.2) is 0 Å². The van der Waals surface area contributed by atoms with E-state index >= 15 is 0 Å². The van der Waals surface area contributed by atoms with E-state index in [0.29, 0.717) is 12.1 Å². The highest BCUT2D eigenvalue weighted by molar-refractivity contribution is 9.10. The van der Waals surface area contributed by atoms with Crippen molar-refractivity contribution in [1.82, 2.24) is 9.99 Å². The van der Waals surface area contributed by atoms with Gasteiger partial charge in [0.05, 0.1) is 18.2 Å². The maximum Gasteiger partial charge on any atom is 0.260 e. The van der Waals surface area contributed by atoms with Crippen LogP contribution < -0.4 is 9.73 Å². The van der Waals surface area contributed by atoms with Gasteiger partial charge in [-0.2, -0.15) is 5.10 Å². The number of nitrogens with zero attached hydrogens (tertiary/aromatic N) is 3. The average Bonchev–Trinajstić information content (AvgIpc) is 3.04. The SMILES string of the molecule is CCc1ccccc1N(CC(=O)N/N=C\c1cc(C)n(-c2cccc(Br)c2)c1C)S(C)(=O)=O. The minimum atomic E-state index is -3.65. The number of para-hydroxylation sites is 1. The third kappa shape index (κ3) is 5.91. The highest BCUT2D eigenvalue weighted by Crippen LogP contribution is 2.24. The third-order valence-electron chi connectivity index (χ3n) is 5.26. The summed E-state index contributed by atoms with van der Waals surface area (Å²) in [7, 11) is -3.65. The Bertz CT molecular complexity index is 1300. The highest BCUT2D eigenvalue weighted by atomic mass is 79.9. The number of hydrogen-bond donors (Lipinski definition) is 1. The standard InChI is InChI=1S/C24H27BrN4O3S/c1-5-19-9-6-7-12-23(19)28(33(4,31)32)16-24(30)27-26-15-20-13-17(2)29(18(20)3)22-11-8-10-21(25)14-22/h6-15H,5,16H2,1-4H3,(H,27,30)/b26-15-. The van der Waals surface area contributed by atoms with Crippen LogP contribution in [0.5, 0.6) is 0 Å². The van der Waals surface area contributed by atoms with Crippen molar-refractivity contribution in [2.45, 2.75) is 27.2 Å². The quantitative estimate of drug-likeness (QED) is 0.347. The van der Waals surface area contributed by atoms with Gasteiger partial charge >= 0.3 is 0 Å². The van der Waals surface area contributed by atoms with Crippen LogP contribution in [0.1, 0.15) is 29.4 Å². The molecule has 7 nitrogen and oxygen atoms in total. The number of aromatic nitrogens is 1. The molecule has 3 aromatic rings. The molecule has 2 aromatic carbocycles. The summed E-state index contributed by atoms with van der Waals surface area (Å²) in [5.74, 6) is -0.525. The van der Waals surface area contributed by atoms with Gasteiger partial charge in [-0.1, -0.05) is 47.1 Å². The second kappa shape index (κ2) is 10.4. The van der Waals surface area contributed by atoms with Gasteiger partial charge in [0.25, 0.3) is 5.91 Å². The van der Waals surface area contributed by atoms with Gasteiger partial charge in [0.1, 0.15) is 6.54 Å². The lowest BCUT2D eigenvalue weighted by molar-refractivity contribution is -0.119. The molecule has 0 fully saturated rings. The molecule has 0 saturated heterocycles. The van der Waals surface area contributed by atoms with Crippen molar-refractivity contribution in [1.29, 1.82) is 0 Å². The lowest BCUT2D eigenvalue weighted by Crippen LogP contribution is -2.39. The second-order valence-electron chi connectivity index (χ2n) is 7.69. The maximum atomic E-state index is 12.5. The minimum absolute atomic E-state index is 0.357. The van der Waals surface area contributed by atoms with Crippen molar-refractivity contribution in [3.05, 3.63) is 81.6 Å². The van der Waals surface area contributed by atoms with E-state index in [1.165, 1.54) is 0 Å². The smallest absolute Gasteiger partial charge is 0.260 e. The van der Waals surface area contributed by atoms with Gasteiger partial charge in [0.2, 0.25) is 10.0 Å². The van der Waals surface area contributed by atoms with Crippen LogP contribution in [0.4, 0.5) is 5.69 Å². The summed E-state index contributed by atoms with van der Waals surface area (Å²) in [6.07, 6.45) is 3.31. The first-order valence-corrected chi connectivity index (χ1v) is 13.1. The number of amides is 1. The van der Waals surface area contributed by atoms with Crippen LogP contribution in [0, 0.1) is 13.8 Å². The molecule has 1 N–H and O–H groups in total. The Balaban J connectivity index is 1.76. The number of carbonyl (C=O) groups excluding carboxylic acids is 1. The summed E-state index contributed by atoms with van der Waals surface area (Å²) in [6, 6.07) is 17.1. The number of halogens is 1. The van der Waals surface area contributed by atoms with Crippen molar-refractivity contribution in [2.24, 2.45) is 5.10 Å². The summed E-state index contributed by atoms with van der Waals surface area (Å²) in [6.45, 7) is 5.56. The molecule has 9 heteroatoms. The zero-order valence-electron chi connectivity index (χ0n) is 19.0. The molecule has 1 heterocycles. The molecule has 0 aliphatic heterocycles. The van der Waals surface area contributed by atoms with E-state index in [2.05, 4.69) is 31.0 Å². The summed E-state index contributed by atoms with van der Waals surface area (Å²) in [5.41, 5.74) is 7.66. The van der Waals surface area contributed by atoms with Gasteiger partial charge in [-0.05, 0) is 56.2 Å². The van der Waals surface area contributed by atoms with Gasteiger partial charge in [-0.25, -0.2) is 13.8 Å². The van der Waals surface area contributed by atoms with E-state index in [0.717, 1.165) is 43.2 Å². The number of aryl methyl sites for hydroxylation is 2. The molecule has 174 valence electrons. The van der Waals surface area contributed by atoms with Crippen LogP contribution in [0.15, 0.2) is 64.2 Å². The first-order chi connectivity index (χ1) is 15.6. The molecule has 0 aliphatic carbocycles. The van der Waals surface area contributed by atoms with E-state index in [-0.39, 0.29) is 6.54 Å². The Morgan fingerprint density at radius 1 is 1.15 bits per heavy atom. The van der Waals surface area contributed by atoms with Crippen LogP contribution in [-0.2, 0) is 21.2 Å². The monoisotopic (exact) mass is 530 g/mol. The lowest BCUT2D eigenvalue weighted by Gasteiger charge is -2.23. The van der Waals surface area contributed by atoms with E-state index in [1.807, 2.05) is 63.2 Å². The highest BCUT2D eigenvalue weighted by Gasteiger charge is 2.22. The predicted molar refractivity (Wildman–Crippen MR) is 137 cm³/mol. The second-order valence-corrected chi connectivity index (χ2v) is 10.5. The summed E-state index contributed by atoms with van der Waals surface area (Å²) in [4.78, 5) is 12.5. The molecule has 0 aliphatic rings. The van der Waals surface area contributed by atoms with Crippen LogP contribution in [-0.4, -0.2) is 37.9 Å². The van der Waals surface area contributed by atoms with E-state index in [1.54, 1.807) is 18.3 Å². The fourth-order valence-corrected chi connectivity index (χ4v) is 4.98. The first-order valence-electron chi connectivity index (χ1n) is 10.4. The predicted octanol–water partition coefficient (Wildman–Crippen LogP) is 4.34. The van der Waals surface area contributed by atoms with Crippen LogP contribution in [0.2, 0.25) is 0 Å². The lowest BCUT2D eigenvalue weighted by atomic mass is 10.1. The molecule has 0 saturated carbocycles. The molecule has 0 atom stereocenters. The number of benzene rings is 2. The molecule has 0 bridgehead atoms. The van der Waals surface area contributed by atoms with E-state index < -0.39 is 15.9 Å². The van der Waals surface area contributed by atoms with Gasteiger partial charge in [-0.15, -0.1) is 0 Å². The Morgan fingerprint density at radius 2 is 1.88 bits per heavy atom. The summed E-state index contributed by atoms with van der Waals surface area (Å²) in [5, 5.41) is 4.07. The maximum absolute atomic E-state index is 12.5. The van der Waals surface area contributed by atoms with Crippen molar-refractivity contribution in [3.63, 3.8) is 0 Å². The van der Waals surface area contributed by atoms with E-state index in [9.17, 15) is 13.2 Å². The first kappa shape index (κ1) is 24.7. The molecule has 1 aromatic heterocycles. The van der Waals surface area contributed by atoms with Crippen molar-refractivity contribution >= 4 is 43.8 Å². The van der Waals surface area contributed by atoms with E-state index in [4.69, 9.17) is 0 Å². The molecule has 3 rings (SSSR count). The topological polar surface area (TPSA) is 83.8 Å². The average molecular weight is 531 g/mol. The largest absolute Gasteiger partial charge is 0.318 e. The molecule has 0 spiro atoms. The Morgan fingerprint density at radius 3 is 2.55 bits per heavy atom. The van der Waals surface area contributed by atoms with Crippen molar-refractivity contribution < 1.29 is 13.2 Å². The number of hydrazone groups is 1. The molecular formula is C24H27BrN4O3S. The number of hydrogen-bond acceptors (Lipinski definition) is 4. The molecule has 33 heavy (non-hydrogen) atoms. The minimum Gasteiger partial charge on any atom is -0.318 e.